The smallest absolute Gasteiger partial charge is 0.0570 e. The summed E-state index contributed by atoms with van der Waals surface area (Å²) in [5.41, 5.74) is 2.85. The molecule has 2 N–H and O–H groups in total. The van der Waals surface area contributed by atoms with Crippen molar-refractivity contribution in [2.24, 2.45) is 0 Å². The lowest BCUT2D eigenvalue weighted by molar-refractivity contribution is 0.117. The van der Waals surface area contributed by atoms with Crippen LogP contribution in [0.4, 0.5) is 0 Å². The summed E-state index contributed by atoms with van der Waals surface area (Å²) in [6, 6.07) is 9.11. The molecule has 1 aliphatic rings. The van der Waals surface area contributed by atoms with Crippen molar-refractivity contribution in [3.8, 4) is 0 Å². The van der Waals surface area contributed by atoms with Crippen molar-refractivity contribution in [3.05, 3.63) is 35.4 Å². The first-order chi connectivity index (χ1) is 7.97. The summed E-state index contributed by atoms with van der Waals surface area (Å²) in [6.45, 7) is 7.59. The number of aliphatic hydroxyl groups excluding tert-OH is 1. The van der Waals surface area contributed by atoms with Crippen molar-refractivity contribution >= 4 is 0 Å². The minimum atomic E-state index is -0.149. The van der Waals surface area contributed by atoms with Gasteiger partial charge in [0, 0.05) is 6.04 Å². The highest BCUT2D eigenvalue weighted by Gasteiger charge is 2.21. The van der Waals surface area contributed by atoms with Gasteiger partial charge in [0.1, 0.15) is 0 Å². The van der Waals surface area contributed by atoms with Gasteiger partial charge in [0.05, 0.1) is 6.10 Å². The largest absolute Gasteiger partial charge is 0.393 e. The molecule has 1 saturated heterocycles. The first kappa shape index (κ1) is 12.6. The quantitative estimate of drug-likeness (QED) is 0.781. The van der Waals surface area contributed by atoms with Crippen LogP contribution in [-0.2, 0) is 5.41 Å². The predicted molar refractivity (Wildman–Crippen MR) is 71.1 cm³/mol. The second-order valence-electron chi connectivity index (χ2n) is 6.06. The number of aliphatic hydroxyl groups is 1. The summed E-state index contributed by atoms with van der Waals surface area (Å²) in [5, 5.41) is 13.1. The molecule has 0 saturated carbocycles. The van der Waals surface area contributed by atoms with Gasteiger partial charge >= 0.3 is 0 Å². The maximum atomic E-state index is 9.68. The van der Waals surface area contributed by atoms with E-state index in [4.69, 9.17) is 0 Å². The Morgan fingerprint density at radius 2 is 1.82 bits per heavy atom. The van der Waals surface area contributed by atoms with Gasteiger partial charge in [0.15, 0.2) is 0 Å². The molecule has 2 rings (SSSR count). The molecule has 0 amide bonds. The number of hydrogen-bond donors (Lipinski definition) is 2. The standard InChI is InChI=1S/C15H23NO/c1-15(2,3)12-6-4-11(5-7-12)14-10-13(17)8-9-16-14/h4-7,13-14,16-17H,8-10H2,1-3H3. The van der Waals surface area contributed by atoms with E-state index in [1.54, 1.807) is 0 Å². The van der Waals surface area contributed by atoms with Crippen molar-refractivity contribution in [3.63, 3.8) is 0 Å². The molecule has 0 aromatic heterocycles. The number of nitrogens with one attached hydrogen (secondary N) is 1. The van der Waals surface area contributed by atoms with Gasteiger partial charge < -0.3 is 10.4 Å². The van der Waals surface area contributed by atoms with E-state index >= 15 is 0 Å². The van der Waals surface area contributed by atoms with Gasteiger partial charge in [-0.3, -0.25) is 0 Å². The number of piperidine rings is 1. The molecule has 17 heavy (non-hydrogen) atoms. The summed E-state index contributed by atoms with van der Waals surface area (Å²) >= 11 is 0. The van der Waals surface area contributed by atoms with Crippen LogP contribution in [0, 0.1) is 0 Å². The van der Waals surface area contributed by atoms with Crippen LogP contribution in [0.25, 0.3) is 0 Å². The normalized spacial score (nSPS) is 25.9. The third kappa shape index (κ3) is 3.08. The molecule has 0 bridgehead atoms. The molecule has 0 radical (unpaired) electrons. The van der Waals surface area contributed by atoms with Crippen LogP contribution in [0.5, 0.6) is 0 Å². The summed E-state index contributed by atoms with van der Waals surface area (Å²) in [6.07, 6.45) is 1.55. The second kappa shape index (κ2) is 4.79. The zero-order chi connectivity index (χ0) is 12.5. The maximum absolute atomic E-state index is 9.68. The Morgan fingerprint density at radius 3 is 2.35 bits per heavy atom. The van der Waals surface area contributed by atoms with Crippen molar-refractivity contribution in [2.75, 3.05) is 6.54 Å². The Labute approximate surface area is 104 Å². The zero-order valence-electron chi connectivity index (χ0n) is 11.0. The van der Waals surface area contributed by atoms with E-state index in [1.165, 1.54) is 11.1 Å². The Kier molecular flexibility index (Phi) is 3.55. The fourth-order valence-electron chi connectivity index (χ4n) is 2.37. The van der Waals surface area contributed by atoms with Crippen LogP contribution >= 0.6 is 0 Å². The topological polar surface area (TPSA) is 32.3 Å². The van der Waals surface area contributed by atoms with Crippen LogP contribution in [-0.4, -0.2) is 17.8 Å². The van der Waals surface area contributed by atoms with Crippen LogP contribution < -0.4 is 5.32 Å². The van der Waals surface area contributed by atoms with Crippen LogP contribution in [0.15, 0.2) is 24.3 Å². The average molecular weight is 233 g/mol. The predicted octanol–water partition coefficient (Wildman–Crippen LogP) is 2.77. The number of rotatable bonds is 1. The van der Waals surface area contributed by atoms with E-state index in [1.807, 2.05) is 0 Å². The van der Waals surface area contributed by atoms with E-state index in [-0.39, 0.29) is 11.5 Å². The van der Waals surface area contributed by atoms with Gasteiger partial charge in [-0.05, 0) is 35.9 Å². The molecule has 2 heteroatoms. The molecule has 0 spiro atoms. The van der Waals surface area contributed by atoms with Crippen molar-refractivity contribution in [2.45, 2.75) is 51.2 Å². The van der Waals surface area contributed by atoms with Crippen molar-refractivity contribution in [1.29, 1.82) is 0 Å². The van der Waals surface area contributed by atoms with Crippen LogP contribution in [0.1, 0.15) is 50.8 Å². The highest BCUT2D eigenvalue weighted by Crippen LogP contribution is 2.27. The monoisotopic (exact) mass is 233 g/mol. The second-order valence-corrected chi connectivity index (χ2v) is 6.06. The Morgan fingerprint density at radius 1 is 1.18 bits per heavy atom. The fraction of sp³-hybridized carbons (Fsp3) is 0.600. The van der Waals surface area contributed by atoms with Gasteiger partial charge in [-0.1, -0.05) is 45.0 Å². The van der Waals surface area contributed by atoms with Crippen molar-refractivity contribution in [1.82, 2.24) is 5.32 Å². The Bertz CT molecular complexity index is 364. The van der Waals surface area contributed by atoms with Crippen LogP contribution in [0.2, 0.25) is 0 Å². The third-order valence-electron chi connectivity index (χ3n) is 3.56. The first-order valence-electron chi connectivity index (χ1n) is 6.49. The molecular formula is C15H23NO. The highest BCUT2D eigenvalue weighted by atomic mass is 16.3. The zero-order valence-corrected chi connectivity index (χ0v) is 11.0. The Balaban J connectivity index is 2.12. The van der Waals surface area contributed by atoms with Gasteiger partial charge in [0.25, 0.3) is 0 Å². The molecule has 2 nitrogen and oxygen atoms in total. The lowest BCUT2D eigenvalue weighted by atomic mass is 9.85. The van der Waals surface area contributed by atoms with Crippen molar-refractivity contribution < 1.29 is 5.11 Å². The molecule has 1 fully saturated rings. The summed E-state index contributed by atoms with van der Waals surface area (Å²) in [5.74, 6) is 0. The molecule has 1 aromatic carbocycles. The average Bonchev–Trinajstić information content (AvgIpc) is 2.28. The maximum Gasteiger partial charge on any atom is 0.0570 e. The van der Waals surface area contributed by atoms with Crippen LogP contribution in [0.3, 0.4) is 0 Å². The van der Waals surface area contributed by atoms with Gasteiger partial charge in [0.2, 0.25) is 0 Å². The van der Waals surface area contributed by atoms with Gasteiger partial charge in [-0.25, -0.2) is 0 Å². The molecule has 1 heterocycles. The molecule has 1 aliphatic heterocycles. The van der Waals surface area contributed by atoms with E-state index in [0.29, 0.717) is 6.04 Å². The van der Waals surface area contributed by atoms with E-state index in [0.717, 1.165) is 19.4 Å². The lowest BCUT2D eigenvalue weighted by Gasteiger charge is -2.28. The minimum Gasteiger partial charge on any atom is -0.393 e. The first-order valence-corrected chi connectivity index (χ1v) is 6.49. The SMILES string of the molecule is CC(C)(C)c1ccc(C2CC(O)CCN2)cc1. The lowest BCUT2D eigenvalue weighted by Crippen LogP contribution is -2.34. The molecule has 2 atom stereocenters. The van der Waals surface area contributed by atoms with Gasteiger partial charge in [-0.15, -0.1) is 0 Å². The van der Waals surface area contributed by atoms with Gasteiger partial charge in [-0.2, -0.15) is 0 Å². The summed E-state index contributed by atoms with van der Waals surface area (Å²) in [4.78, 5) is 0. The minimum absolute atomic E-state index is 0.149. The molecule has 94 valence electrons. The van der Waals surface area contributed by atoms with E-state index in [2.05, 4.69) is 50.4 Å². The Hall–Kier alpha value is -0.860. The molecule has 1 aromatic rings. The number of benzene rings is 1. The summed E-state index contributed by atoms with van der Waals surface area (Å²) in [7, 11) is 0. The molecule has 0 aliphatic carbocycles. The van der Waals surface area contributed by atoms with E-state index in [9.17, 15) is 5.11 Å². The molecular weight excluding hydrogens is 210 g/mol. The molecule has 2 unspecified atom stereocenters. The number of hydrogen-bond acceptors (Lipinski definition) is 2. The summed E-state index contributed by atoms with van der Waals surface area (Å²) < 4.78 is 0. The van der Waals surface area contributed by atoms with E-state index < -0.39 is 0 Å². The highest BCUT2D eigenvalue weighted by molar-refractivity contribution is 5.29. The fourth-order valence-corrected chi connectivity index (χ4v) is 2.37. The third-order valence-corrected chi connectivity index (χ3v) is 3.56.